The first kappa shape index (κ1) is 15.9. The van der Waals surface area contributed by atoms with Crippen LogP contribution in [0.2, 0.25) is 0 Å². The molecule has 1 aromatic heterocycles. The predicted octanol–water partition coefficient (Wildman–Crippen LogP) is 3.38. The Labute approximate surface area is 130 Å². The second kappa shape index (κ2) is 6.51. The average molecular weight is 302 g/mol. The van der Waals surface area contributed by atoms with Crippen LogP contribution in [0.1, 0.15) is 26.5 Å². The number of hydrogen-bond acceptors (Lipinski definition) is 4. The summed E-state index contributed by atoms with van der Waals surface area (Å²) in [5, 5.41) is 6.06. The van der Waals surface area contributed by atoms with Crippen LogP contribution in [-0.2, 0) is 18.3 Å². The van der Waals surface area contributed by atoms with Crippen molar-refractivity contribution >= 4 is 17.5 Å². The van der Waals surface area contributed by atoms with Crippen molar-refractivity contribution in [1.82, 2.24) is 9.55 Å². The number of aromatic nitrogens is 2. The van der Waals surface area contributed by atoms with Crippen LogP contribution in [0, 0.1) is 0 Å². The summed E-state index contributed by atoms with van der Waals surface area (Å²) in [6.07, 6.45) is 3.08. The van der Waals surface area contributed by atoms with Gasteiger partial charge in [-0.3, -0.25) is 5.32 Å². The Hall–Kier alpha value is -2.50. The molecule has 118 valence electrons. The van der Waals surface area contributed by atoms with Crippen LogP contribution in [0.3, 0.4) is 0 Å². The van der Waals surface area contributed by atoms with Crippen LogP contribution in [0.5, 0.6) is 0 Å². The van der Waals surface area contributed by atoms with Gasteiger partial charge in [0, 0.05) is 13.2 Å². The molecule has 0 fully saturated rings. The van der Waals surface area contributed by atoms with Crippen molar-refractivity contribution in [2.24, 2.45) is 7.05 Å². The number of carbonyl (C=O) groups excluding carboxylic acids is 1. The first-order valence-corrected chi connectivity index (χ1v) is 7.13. The Morgan fingerprint density at radius 2 is 1.95 bits per heavy atom. The second-order valence-corrected chi connectivity index (χ2v) is 6.02. The van der Waals surface area contributed by atoms with Gasteiger partial charge in [-0.15, -0.1) is 0 Å². The molecule has 0 atom stereocenters. The zero-order valence-electron chi connectivity index (χ0n) is 13.4. The maximum atomic E-state index is 11.9. The number of aryl methyl sites for hydroxylation is 1. The highest BCUT2D eigenvalue weighted by Gasteiger charge is 2.17. The van der Waals surface area contributed by atoms with Crippen molar-refractivity contribution in [3.8, 4) is 0 Å². The highest BCUT2D eigenvalue weighted by Crippen LogP contribution is 2.22. The molecule has 2 N–H and O–H groups in total. The number of amides is 1. The number of benzene rings is 1. The molecule has 6 nitrogen and oxygen atoms in total. The molecule has 1 heterocycles. The van der Waals surface area contributed by atoms with E-state index in [-0.39, 0.29) is 0 Å². The number of imidazole rings is 1. The number of hydrogen-bond donors (Lipinski definition) is 2. The summed E-state index contributed by atoms with van der Waals surface area (Å²) in [6.45, 7) is 6.11. The summed E-state index contributed by atoms with van der Waals surface area (Å²) in [4.78, 5) is 16.0. The normalized spacial score (nSPS) is 11.1. The maximum Gasteiger partial charge on any atom is 0.412 e. The Kier molecular flexibility index (Phi) is 4.70. The first-order valence-electron chi connectivity index (χ1n) is 7.13. The van der Waals surface area contributed by atoms with Crippen molar-refractivity contribution in [2.75, 3.05) is 10.6 Å². The van der Waals surface area contributed by atoms with Gasteiger partial charge in [-0.25, -0.2) is 9.78 Å². The molecular formula is C16H22N4O2. The van der Waals surface area contributed by atoms with Crippen LogP contribution in [0.4, 0.5) is 16.2 Å². The van der Waals surface area contributed by atoms with Crippen molar-refractivity contribution in [3.63, 3.8) is 0 Å². The van der Waals surface area contributed by atoms with Gasteiger partial charge in [-0.2, -0.15) is 0 Å². The van der Waals surface area contributed by atoms with Gasteiger partial charge in [0.25, 0.3) is 0 Å². The lowest BCUT2D eigenvalue weighted by Crippen LogP contribution is -2.27. The smallest absolute Gasteiger partial charge is 0.412 e. The Morgan fingerprint density at radius 1 is 1.27 bits per heavy atom. The van der Waals surface area contributed by atoms with E-state index in [0.717, 1.165) is 11.4 Å². The summed E-state index contributed by atoms with van der Waals surface area (Å²) >= 11 is 0. The van der Waals surface area contributed by atoms with Gasteiger partial charge >= 0.3 is 6.09 Å². The van der Waals surface area contributed by atoms with Crippen molar-refractivity contribution < 1.29 is 9.53 Å². The summed E-state index contributed by atoms with van der Waals surface area (Å²) in [5.74, 6) is 0. The lowest BCUT2D eigenvalue weighted by molar-refractivity contribution is 0.0636. The lowest BCUT2D eigenvalue weighted by atomic mass is 10.2. The first-order chi connectivity index (χ1) is 10.3. The molecule has 2 aromatic rings. The molecule has 22 heavy (non-hydrogen) atoms. The molecule has 0 radical (unpaired) electrons. The number of ether oxygens (including phenoxy) is 1. The van der Waals surface area contributed by atoms with Gasteiger partial charge in [0.1, 0.15) is 5.60 Å². The van der Waals surface area contributed by atoms with E-state index in [9.17, 15) is 4.79 Å². The summed E-state index contributed by atoms with van der Waals surface area (Å²) in [6, 6.07) is 7.51. The van der Waals surface area contributed by atoms with E-state index < -0.39 is 11.7 Å². The highest BCUT2D eigenvalue weighted by molar-refractivity contribution is 5.89. The van der Waals surface area contributed by atoms with E-state index in [4.69, 9.17) is 4.74 Å². The zero-order chi connectivity index (χ0) is 16.2. The Morgan fingerprint density at radius 3 is 2.55 bits per heavy atom. The minimum Gasteiger partial charge on any atom is -0.444 e. The summed E-state index contributed by atoms with van der Waals surface area (Å²) in [7, 11) is 1.94. The fourth-order valence-electron chi connectivity index (χ4n) is 1.90. The van der Waals surface area contributed by atoms with Crippen LogP contribution in [-0.4, -0.2) is 21.2 Å². The molecular weight excluding hydrogens is 280 g/mol. The van der Waals surface area contributed by atoms with E-state index in [2.05, 4.69) is 15.6 Å². The highest BCUT2D eigenvalue weighted by atomic mass is 16.6. The third kappa shape index (κ3) is 4.51. The minimum atomic E-state index is -0.527. The van der Waals surface area contributed by atoms with Gasteiger partial charge in [0.05, 0.1) is 29.9 Å². The molecule has 0 spiro atoms. The van der Waals surface area contributed by atoms with E-state index >= 15 is 0 Å². The van der Waals surface area contributed by atoms with Gasteiger partial charge in [0.15, 0.2) is 0 Å². The van der Waals surface area contributed by atoms with Gasteiger partial charge in [0.2, 0.25) is 0 Å². The summed E-state index contributed by atoms with van der Waals surface area (Å²) in [5.41, 5.74) is 2.03. The maximum absolute atomic E-state index is 11.9. The van der Waals surface area contributed by atoms with E-state index in [1.165, 1.54) is 0 Å². The Balaban J connectivity index is 2.03. The molecule has 0 saturated heterocycles. The van der Waals surface area contributed by atoms with Crippen LogP contribution in [0.15, 0.2) is 36.8 Å². The molecule has 0 saturated carbocycles. The third-order valence-corrected chi connectivity index (χ3v) is 2.94. The van der Waals surface area contributed by atoms with E-state index in [0.29, 0.717) is 12.2 Å². The average Bonchev–Trinajstić information content (AvgIpc) is 2.81. The van der Waals surface area contributed by atoms with Crippen LogP contribution in [0.25, 0.3) is 0 Å². The molecule has 0 aliphatic rings. The molecule has 1 amide bonds. The SMILES string of the molecule is Cn1cncc1CNc1ccccc1NC(=O)OC(C)(C)C. The number of anilines is 2. The summed E-state index contributed by atoms with van der Waals surface area (Å²) < 4.78 is 7.22. The topological polar surface area (TPSA) is 68.2 Å². The minimum absolute atomic E-state index is 0.470. The van der Waals surface area contributed by atoms with Crippen molar-refractivity contribution in [1.29, 1.82) is 0 Å². The van der Waals surface area contributed by atoms with Gasteiger partial charge in [-0.05, 0) is 32.9 Å². The third-order valence-electron chi connectivity index (χ3n) is 2.94. The number of nitrogens with zero attached hydrogens (tertiary/aromatic N) is 2. The van der Waals surface area contributed by atoms with Crippen LogP contribution >= 0.6 is 0 Å². The zero-order valence-corrected chi connectivity index (χ0v) is 13.4. The number of carbonyl (C=O) groups is 1. The van der Waals surface area contributed by atoms with E-state index in [1.54, 1.807) is 12.5 Å². The molecule has 0 aliphatic heterocycles. The van der Waals surface area contributed by atoms with Gasteiger partial charge < -0.3 is 14.6 Å². The Bertz CT molecular complexity index is 644. The molecule has 0 aliphatic carbocycles. The largest absolute Gasteiger partial charge is 0.444 e. The van der Waals surface area contributed by atoms with Crippen molar-refractivity contribution in [3.05, 3.63) is 42.5 Å². The quantitative estimate of drug-likeness (QED) is 0.908. The molecule has 1 aromatic carbocycles. The molecule has 2 rings (SSSR count). The van der Waals surface area contributed by atoms with Gasteiger partial charge in [-0.1, -0.05) is 12.1 Å². The number of rotatable bonds is 4. The predicted molar refractivity (Wildman–Crippen MR) is 86.8 cm³/mol. The monoisotopic (exact) mass is 302 g/mol. The number of para-hydroxylation sites is 2. The molecule has 0 unspecified atom stereocenters. The standard InChI is InChI=1S/C16H22N4O2/c1-16(2,3)22-15(21)19-14-8-6-5-7-13(14)18-10-12-9-17-11-20(12)4/h5-9,11,18H,10H2,1-4H3,(H,19,21). The number of nitrogens with one attached hydrogen (secondary N) is 2. The van der Waals surface area contributed by atoms with Crippen LogP contribution < -0.4 is 10.6 Å². The fraction of sp³-hybridized carbons (Fsp3) is 0.375. The molecule has 6 heteroatoms. The van der Waals surface area contributed by atoms with E-state index in [1.807, 2.05) is 56.7 Å². The second-order valence-electron chi connectivity index (χ2n) is 6.02. The fourth-order valence-corrected chi connectivity index (χ4v) is 1.90. The van der Waals surface area contributed by atoms with Crippen molar-refractivity contribution in [2.45, 2.75) is 32.9 Å². The molecule has 0 bridgehead atoms. The lowest BCUT2D eigenvalue weighted by Gasteiger charge is -2.20.